The van der Waals surface area contributed by atoms with Crippen LogP contribution >= 0.6 is 0 Å². The minimum Gasteiger partial charge on any atom is -0.464 e. The molecule has 116 valence electrons. The van der Waals surface area contributed by atoms with Gasteiger partial charge in [-0.25, -0.2) is 0 Å². The van der Waals surface area contributed by atoms with Crippen LogP contribution < -0.4 is 5.32 Å². The molecular formula is C14H22N4O3. The van der Waals surface area contributed by atoms with Crippen LogP contribution in [0.4, 0.5) is 0 Å². The van der Waals surface area contributed by atoms with E-state index in [0.29, 0.717) is 25.1 Å². The summed E-state index contributed by atoms with van der Waals surface area (Å²) in [6, 6.07) is 0.193. The molecule has 2 aliphatic rings. The molecule has 7 nitrogen and oxygen atoms in total. The predicted octanol–water partition coefficient (Wildman–Crippen LogP) is 0.502. The number of hydrogen-bond acceptors (Lipinski definition) is 7. The van der Waals surface area contributed by atoms with E-state index in [9.17, 15) is 4.79 Å². The van der Waals surface area contributed by atoms with Crippen molar-refractivity contribution in [3.63, 3.8) is 0 Å². The van der Waals surface area contributed by atoms with Crippen LogP contribution in [0, 0.1) is 0 Å². The van der Waals surface area contributed by atoms with E-state index in [1.54, 1.807) is 0 Å². The van der Waals surface area contributed by atoms with Gasteiger partial charge in [-0.2, -0.15) is 4.98 Å². The Morgan fingerprint density at radius 1 is 1.43 bits per heavy atom. The van der Waals surface area contributed by atoms with Gasteiger partial charge in [0, 0.05) is 25.4 Å². The molecule has 0 amide bonds. The van der Waals surface area contributed by atoms with E-state index in [1.165, 1.54) is 0 Å². The van der Waals surface area contributed by atoms with Gasteiger partial charge in [0.2, 0.25) is 5.89 Å². The quantitative estimate of drug-likeness (QED) is 0.792. The third kappa shape index (κ3) is 3.59. The number of carbonyl (C=O) groups excluding carboxylic acids is 1. The molecule has 1 N–H and O–H groups in total. The zero-order valence-corrected chi connectivity index (χ0v) is 12.4. The smallest absolute Gasteiger partial charge is 0.323 e. The fourth-order valence-corrected chi connectivity index (χ4v) is 2.96. The maximum Gasteiger partial charge on any atom is 0.323 e. The van der Waals surface area contributed by atoms with Crippen molar-refractivity contribution in [1.29, 1.82) is 0 Å². The molecule has 3 rings (SSSR count). The van der Waals surface area contributed by atoms with E-state index in [-0.39, 0.29) is 12.0 Å². The van der Waals surface area contributed by atoms with Crippen molar-refractivity contribution in [2.24, 2.45) is 0 Å². The second-order valence-corrected chi connectivity index (χ2v) is 5.71. The van der Waals surface area contributed by atoms with Gasteiger partial charge in [-0.3, -0.25) is 9.69 Å². The first kappa shape index (κ1) is 14.5. The summed E-state index contributed by atoms with van der Waals surface area (Å²) in [6.07, 6.45) is 3.74. The average molecular weight is 294 g/mol. The zero-order chi connectivity index (χ0) is 14.7. The van der Waals surface area contributed by atoms with E-state index in [2.05, 4.69) is 20.4 Å². The van der Waals surface area contributed by atoms with E-state index < -0.39 is 0 Å². The molecule has 1 aromatic heterocycles. The van der Waals surface area contributed by atoms with Crippen LogP contribution in [-0.2, 0) is 22.5 Å². The van der Waals surface area contributed by atoms with Gasteiger partial charge < -0.3 is 14.6 Å². The fraction of sp³-hybridized carbons (Fsp3) is 0.786. The first-order valence-electron chi connectivity index (χ1n) is 7.71. The lowest BCUT2D eigenvalue weighted by molar-refractivity contribution is -0.139. The topological polar surface area (TPSA) is 80.5 Å². The maximum absolute atomic E-state index is 11.5. The lowest BCUT2D eigenvalue weighted by Crippen LogP contribution is -2.50. The second-order valence-electron chi connectivity index (χ2n) is 5.71. The van der Waals surface area contributed by atoms with Crippen LogP contribution in [-0.4, -0.2) is 52.8 Å². The minimum atomic E-state index is -0.133. The van der Waals surface area contributed by atoms with Gasteiger partial charge in [0.15, 0.2) is 5.82 Å². The Labute approximate surface area is 124 Å². The second kappa shape index (κ2) is 6.53. The predicted molar refractivity (Wildman–Crippen MR) is 74.5 cm³/mol. The molecule has 7 heteroatoms. The number of nitrogens with one attached hydrogen (secondary N) is 1. The van der Waals surface area contributed by atoms with Crippen LogP contribution in [0.25, 0.3) is 0 Å². The van der Waals surface area contributed by atoms with Crippen LogP contribution in [0.15, 0.2) is 4.52 Å². The Hall–Kier alpha value is -1.47. The summed E-state index contributed by atoms with van der Waals surface area (Å²) >= 11 is 0. The Balaban J connectivity index is 1.51. The molecule has 2 saturated heterocycles. The fourth-order valence-electron chi connectivity index (χ4n) is 2.96. The van der Waals surface area contributed by atoms with Crippen molar-refractivity contribution in [3.05, 3.63) is 11.7 Å². The highest BCUT2D eigenvalue weighted by Crippen LogP contribution is 2.15. The number of nitrogens with zero attached hydrogens (tertiary/aromatic N) is 3. The Morgan fingerprint density at radius 3 is 3.05 bits per heavy atom. The average Bonchev–Trinajstić information content (AvgIpc) is 3.09. The first-order valence-corrected chi connectivity index (χ1v) is 7.71. The molecule has 2 aliphatic heterocycles. The van der Waals surface area contributed by atoms with Crippen molar-refractivity contribution in [2.75, 3.05) is 19.7 Å². The van der Waals surface area contributed by atoms with E-state index in [0.717, 1.165) is 44.6 Å². The monoisotopic (exact) mass is 294 g/mol. The normalized spacial score (nSPS) is 27.0. The molecular weight excluding hydrogens is 272 g/mol. The molecule has 0 saturated carbocycles. The summed E-state index contributed by atoms with van der Waals surface area (Å²) in [5.41, 5.74) is 0. The van der Waals surface area contributed by atoms with E-state index in [1.807, 2.05) is 6.92 Å². The summed E-state index contributed by atoms with van der Waals surface area (Å²) in [5, 5.41) is 7.42. The number of hydrogen-bond donors (Lipinski definition) is 1. The van der Waals surface area contributed by atoms with E-state index in [4.69, 9.17) is 9.26 Å². The van der Waals surface area contributed by atoms with Crippen LogP contribution in [0.2, 0.25) is 0 Å². The number of rotatable bonds is 5. The highest BCUT2D eigenvalue weighted by molar-refractivity contribution is 5.77. The summed E-state index contributed by atoms with van der Waals surface area (Å²) in [7, 11) is 0. The van der Waals surface area contributed by atoms with Gasteiger partial charge in [-0.05, 0) is 19.4 Å². The largest absolute Gasteiger partial charge is 0.464 e. The summed E-state index contributed by atoms with van der Waals surface area (Å²) in [4.78, 5) is 18.2. The Morgan fingerprint density at radius 2 is 2.33 bits per heavy atom. The Kier molecular flexibility index (Phi) is 4.50. The van der Waals surface area contributed by atoms with Crippen molar-refractivity contribution in [3.8, 4) is 0 Å². The summed E-state index contributed by atoms with van der Waals surface area (Å²) in [5.74, 6) is 1.32. The molecule has 0 radical (unpaired) electrons. The summed E-state index contributed by atoms with van der Waals surface area (Å²) in [6.45, 7) is 5.17. The number of aromatic nitrogens is 2. The number of piperidine rings is 1. The molecule has 0 unspecified atom stereocenters. The van der Waals surface area contributed by atoms with Crippen LogP contribution in [0.1, 0.15) is 37.9 Å². The number of ether oxygens (including phenoxy) is 1. The van der Waals surface area contributed by atoms with Gasteiger partial charge in [0.25, 0.3) is 0 Å². The number of likely N-dealkylation sites (tertiary alicyclic amines) is 1. The number of cyclic esters (lactones) is 1. The van der Waals surface area contributed by atoms with Crippen molar-refractivity contribution in [1.82, 2.24) is 20.4 Å². The molecule has 0 spiro atoms. The third-order valence-electron chi connectivity index (χ3n) is 4.06. The summed E-state index contributed by atoms with van der Waals surface area (Å²) < 4.78 is 10.1. The van der Waals surface area contributed by atoms with Gasteiger partial charge >= 0.3 is 5.97 Å². The molecule has 0 bridgehead atoms. The van der Waals surface area contributed by atoms with Crippen molar-refractivity contribution < 1.29 is 14.1 Å². The maximum atomic E-state index is 11.5. The molecule has 2 atom stereocenters. The van der Waals surface area contributed by atoms with Crippen molar-refractivity contribution >= 4 is 5.97 Å². The SMILES string of the molecule is CCc1nc(CN2CCC[C@@H](N[C@@H]3CCOC3=O)C2)no1. The Bertz CT molecular complexity index is 490. The third-order valence-corrected chi connectivity index (χ3v) is 4.06. The van der Waals surface area contributed by atoms with E-state index >= 15 is 0 Å². The highest BCUT2D eigenvalue weighted by Gasteiger charge is 2.30. The number of aryl methyl sites for hydroxylation is 1. The lowest BCUT2D eigenvalue weighted by atomic mass is 10.0. The minimum absolute atomic E-state index is 0.113. The molecule has 21 heavy (non-hydrogen) atoms. The first-order chi connectivity index (χ1) is 10.2. The van der Waals surface area contributed by atoms with Gasteiger partial charge in [-0.15, -0.1) is 0 Å². The molecule has 1 aromatic rings. The van der Waals surface area contributed by atoms with Crippen molar-refractivity contribution in [2.45, 2.75) is 51.2 Å². The standard InChI is InChI=1S/C14H22N4O3/c1-2-13-16-12(17-21-13)9-18-6-3-4-10(8-18)15-11-5-7-20-14(11)19/h10-11,15H,2-9H2,1H3/t10-,11-/m1/s1. The number of esters is 1. The molecule has 2 fully saturated rings. The van der Waals surface area contributed by atoms with Gasteiger partial charge in [-0.1, -0.05) is 12.1 Å². The van der Waals surface area contributed by atoms with Gasteiger partial charge in [0.1, 0.15) is 6.04 Å². The lowest BCUT2D eigenvalue weighted by Gasteiger charge is -2.33. The zero-order valence-electron chi connectivity index (χ0n) is 12.4. The molecule has 3 heterocycles. The van der Waals surface area contributed by atoms with Crippen LogP contribution in [0.3, 0.4) is 0 Å². The van der Waals surface area contributed by atoms with Gasteiger partial charge in [0.05, 0.1) is 13.2 Å². The molecule has 0 aromatic carbocycles. The molecule has 0 aliphatic carbocycles. The highest BCUT2D eigenvalue weighted by atomic mass is 16.5. The number of carbonyl (C=O) groups is 1. The van der Waals surface area contributed by atoms with Crippen LogP contribution in [0.5, 0.6) is 0 Å².